The molecule has 0 fully saturated rings. The molecular formula is C28H31ClN2O4S. The van der Waals surface area contributed by atoms with E-state index in [1.165, 1.54) is 4.88 Å². The van der Waals surface area contributed by atoms with Crippen LogP contribution in [0.3, 0.4) is 0 Å². The van der Waals surface area contributed by atoms with Gasteiger partial charge in [-0.05, 0) is 72.7 Å². The monoisotopic (exact) mass is 526 g/mol. The van der Waals surface area contributed by atoms with Crippen molar-refractivity contribution in [3.8, 4) is 5.75 Å². The molecule has 0 spiro atoms. The fourth-order valence-corrected chi connectivity index (χ4v) is 5.47. The van der Waals surface area contributed by atoms with Gasteiger partial charge in [-0.25, -0.2) is 0 Å². The molecule has 4 rings (SSSR count). The summed E-state index contributed by atoms with van der Waals surface area (Å²) in [5.74, 6) is 0.472. The second kappa shape index (κ2) is 12.4. The standard InChI is InChI=1S/C28H31ClN2O4S/c1-20-17-22(9-10-24(20)29)35-19-25-23-12-16-36-26(23)11-14-31(25)27(32)18-30(13-6-15-34-2)28(33)21-7-4-3-5-8-21/h3-5,7-10,12,16-17,25H,6,11,13-15,18-19H2,1-2H3/t25-/m0/s1. The van der Waals surface area contributed by atoms with E-state index in [-0.39, 0.29) is 24.4 Å². The number of hydrogen-bond donors (Lipinski definition) is 0. The van der Waals surface area contributed by atoms with Crippen molar-refractivity contribution in [1.82, 2.24) is 9.80 Å². The van der Waals surface area contributed by atoms with Gasteiger partial charge in [-0.1, -0.05) is 29.8 Å². The molecule has 2 aromatic carbocycles. The number of thiophene rings is 1. The Balaban J connectivity index is 1.52. The quantitative estimate of drug-likeness (QED) is 0.332. The minimum Gasteiger partial charge on any atom is -0.491 e. The maximum absolute atomic E-state index is 13.7. The second-order valence-electron chi connectivity index (χ2n) is 8.81. The Labute approximate surface area is 221 Å². The molecule has 0 unspecified atom stereocenters. The maximum Gasteiger partial charge on any atom is 0.254 e. The van der Waals surface area contributed by atoms with Gasteiger partial charge in [0, 0.05) is 42.3 Å². The lowest BCUT2D eigenvalue weighted by atomic mass is 10.00. The zero-order valence-corrected chi connectivity index (χ0v) is 22.2. The van der Waals surface area contributed by atoms with E-state index in [4.69, 9.17) is 21.1 Å². The van der Waals surface area contributed by atoms with E-state index < -0.39 is 0 Å². The van der Waals surface area contributed by atoms with Gasteiger partial charge in [-0.15, -0.1) is 11.3 Å². The van der Waals surface area contributed by atoms with Crippen molar-refractivity contribution < 1.29 is 19.1 Å². The molecular weight excluding hydrogens is 496 g/mol. The first-order valence-electron chi connectivity index (χ1n) is 12.1. The lowest BCUT2D eigenvalue weighted by Gasteiger charge is -2.37. The number of benzene rings is 2. The SMILES string of the molecule is COCCCN(CC(=O)N1CCc2sccc2[C@@H]1COc1ccc(Cl)c(C)c1)C(=O)c1ccccc1. The number of halogens is 1. The minimum absolute atomic E-state index is 0.00741. The fourth-order valence-electron chi connectivity index (χ4n) is 4.43. The minimum atomic E-state index is -0.226. The van der Waals surface area contributed by atoms with Crippen LogP contribution < -0.4 is 4.74 Å². The number of carbonyl (C=O) groups is 2. The lowest BCUT2D eigenvalue weighted by molar-refractivity contribution is -0.135. The van der Waals surface area contributed by atoms with Crippen LogP contribution in [0.5, 0.6) is 5.75 Å². The van der Waals surface area contributed by atoms with Gasteiger partial charge < -0.3 is 19.3 Å². The zero-order valence-electron chi connectivity index (χ0n) is 20.6. The Morgan fingerprint density at radius 3 is 2.72 bits per heavy atom. The van der Waals surface area contributed by atoms with Crippen LogP contribution in [-0.4, -0.2) is 61.6 Å². The Morgan fingerprint density at radius 2 is 1.97 bits per heavy atom. The molecule has 6 nitrogen and oxygen atoms in total. The Morgan fingerprint density at radius 1 is 1.17 bits per heavy atom. The molecule has 2 amide bonds. The summed E-state index contributed by atoms with van der Waals surface area (Å²) in [7, 11) is 1.63. The summed E-state index contributed by atoms with van der Waals surface area (Å²) in [6.45, 7) is 3.82. The molecule has 8 heteroatoms. The lowest BCUT2D eigenvalue weighted by Crippen LogP contribution is -2.48. The molecule has 3 aromatic rings. The van der Waals surface area contributed by atoms with Crippen molar-refractivity contribution in [2.45, 2.75) is 25.8 Å². The Bertz CT molecular complexity index is 1180. The predicted molar refractivity (Wildman–Crippen MR) is 143 cm³/mol. The van der Waals surface area contributed by atoms with Gasteiger partial charge in [-0.3, -0.25) is 9.59 Å². The van der Waals surface area contributed by atoms with Crippen LogP contribution in [0.2, 0.25) is 5.02 Å². The molecule has 1 aliphatic rings. The van der Waals surface area contributed by atoms with E-state index in [0.29, 0.717) is 49.1 Å². The second-order valence-corrected chi connectivity index (χ2v) is 10.2. The average Bonchev–Trinajstić information content (AvgIpc) is 3.38. The van der Waals surface area contributed by atoms with Crippen molar-refractivity contribution >= 4 is 34.8 Å². The summed E-state index contributed by atoms with van der Waals surface area (Å²) in [6.07, 6.45) is 1.45. The van der Waals surface area contributed by atoms with E-state index in [1.807, 2.05) is 48.2 Å². The molecule has 0 saturated heterocycles. The van der Waals surface area contributed by atoms with Gasteiger partial charge in [0.1, 0.15) is 18.9 Å². The van der Waals surface area contributed by atoms with Crippen LogP contribution in [0.1, 0.15) is 38.8 Å². The highest BCUT2D eigenvalue weighted by atomic mass is 35.5. The van der Waals surface area contributed by atoms with Crippen LogP contribution in [0.25, 0.3) is 0 Å². The van der Waals surface area contributed by atoms with Crippen LogP contribution >= 0.6 is 22.9 Å². The smallest absolute Gasteiger partial charge is 0.254 e. The number of ether oxygens (including phenoxy) is 2. The Kier molecular flexibility index (Phi) is 9.02. The van der Waals surface area contributed by atoms with E-state index in [9.17, 15) is 9.59 Å². The van der Waals surface area contributed by atoms with Gasteiger partial charge >= 0.3 is 0 Å². The van der Waals surface area contributed by atoms with Crippen molar-refractivity contribution in [3.05, 3.63) is 86.6 Å². The normalized spacial score (nSPS) is 14.9. The summed E-state index contributed by atoms with van der Waals surface area (Å²) in [6, 6.07) is 16.5. The number of aryl methyl sites for hydroxylation is 1. The number of amides is 2. The van der Waals surface area contributed by atoms with Gasteiger partial charge in [0.15, 0.2) is 0 Å². The maximum atomic E-state index is 13.7. The van der Waals surface area contributed by atoms with Crippen molar-refractivity contribution in [1.29, 1.82) is 0 Å². The summed E-state index contributed by atoms with van der Waals surface area (Å²) in [5, 5.41) is 2.75. The molecule has 0 saturated carbocycles. The number of rotatable bonds is 10. The summed E-state index contributed by atoms with van der Waals surface area (Å²) in [5.41, 5.74) is 2.62. The first-order chi connectivity index (χ1) is 17.5. The molecule has 0 aliphatic carbocycles. The average molecular weight is 527 g/mol. The number of fused-ring (bicyclic) bond motifs is 1. The molecule has 0 N–H and O–H groups in total. The fraction of sp³-hybridized carbons (Fsp3) is 0.357. The van der Waals surface area contributed by atoms with Crippen LogP contribution in [0, 0.1) is 6.92 Å². The van der Waals surface area contributed by atoms with Crippen molar-refractivity contribution in [3.63, 3.8) is 0 Å². The highest BCUT2D eigenvalue weighted by Gasteiger charge is 2.33. The first-order valence-corrected chi connectivity index (χ1v) is 13.3. The predicted octanol–water partition coefficient (Wildman–Crippen LogP) is 5.39. The molecule has 1 aromatic heterocycles. The molecule has 1 aliphatic heterocycles. The highest BCUT2D eigenvalue weighted by Crippen LogP contribution is 2.34. The highest BCUT2D eigenvalue weighted by molar-refractivity contribution is 7.10. The number of nitrogens with zero attached hydrogens (tertiary/aromatic N) is 2. The van der Waals surface area contributed by atoms with E-state index >= 15 is 0 Å². The van der Waals surface area contributed by atoms with Crippen molar-refractivity contribution in [2.24, 2.45) is 0 Å². The van der Waals surface area contributed by atoms with E-state index in [2.05, 4.69) is 11.4 Å². The summed E-state index contributed by atoms with van der Waals surface area (Å²) < 4.78 is 11.3. The molecule has 2 heterocycles. The topological polar surface area (TPSA) is 59.1 Å². The summed E-state index contributed by atoms with van der Waals surface area (Å²) >= 11 is 7.87. The third-order valence-electron chi connectivity index (χ3n) is 6.36. The number of methoxy groups -OCH3 is 1. The number of carbonyl (C=O) groups excluding carboxylic acids is 2. The molecule has 1 atom stereocenters. The van der Waals surface area contributed by atoms with Crippen LogP contribution in [0.4, 0.5) is 0 Å². The molecule has 36 heavy (non-hydrogen) atoms. The van der Waals surface area contributed by atoms with Crippen LogP contribution in [-0.2, 0) is 16.0 Å². The Hall–Kier alpha value is -2.87. The first kappa shape index (κ1) is 26.2. The van der Waals surface area contributed by atoms with Gasteiger partial charge in [0.05, 0.1) is 6.04 Å². The molecule has 0 radical (unpaired) electrons. The van der Waals surface area contributed by atoms with Gasteiger partial charge in [0.2, 0.25) is 5.91 Å². The zero-order chi connectivity index (χ0) is 25.5. The van der Waals surface area contributed by atoms with E-state index in [0.717, 1.165) is 17.5 Å². The number of hydrogen-bond acceptors (Lipinski definition) is 5. The third kappa shape index (κ3) is 6.27. The van der Waals surface area contributed by atoms with Gasteiger partial charge in [-0.2, -0.15) is 0 Å². The van der Waals surface area contributed by atoms with E-state index in [1.54, 1.807) is 35.5 Å². The third-order valence-corrected chi connectivity index (χ3v) is 7.78. The van der Waals surface area contributed by atoms with Crippen LogP contribution in [0.15, 0.2) is 60.0 Å². The summed E-state index contributed by atoms with van der Waals surface area (Å²) in [4.78, 5) is 31.7. The molecule has 190 valence electrons. The van der Waals surface area contributed by atoms with Crippen molar-refractivity contribution in [2.75, 3.05) is 40.0 Å². The largest absolute Gasteiger partial charge is 0.491 e. The van der Waals surface area contributed by atoms with Gasteiger partial charge in [0.25, 0.3) is 5.91 Å². The molecule has 0 bridgehead atoms.